The van der Waals surface area contributed by atoms with E-state index >= 15 is 0 Å². The van der Waals surface area contributed by atoms with Crippen molar-refractivity contribution in [3.8, 4) is 0 Å². The van der Waals surface area contributed by atoms with Gasteiger partial charge in [0.15, 0.2) is 0 Å². The molecule has 10 heteroatoms. The van der Waals surface area contributed by atoms with E-state index in [2.05, 4.69) is 10.0 Å². The van der Waals surface area contributed by atoms with Gasteiger partial charge in [-0.2, -0.15) is 4.72 Å². The van der Waals surface area contributed by atoms with E-state index in [1.165, 1.54) is 13.8 Å². The molecule has 1 rings (SSSR count). The molecule has 1 aromatic rings. The summed E-state index contributed by atoms with van der Waals surface area (Å²) in [5.74, 6) is -0.501. The normalized spacial score (nSPS) is 12.7. The minimum absolute atomic E-state index is 0.0414. The van der Waals surface area contributed by atoms with E-state index in [0.717, 1.165) is 12.1 Å². The lowest BCUT2D eigenvalue weighted by molar-refractivity contribution is -0.385. The van der Waals surface area contributed by atoms with Gasteiger partial charge in [-0.25, -0.2) is 8.42 Å². The van der Waals surface area contributed by atoms with Crippen molar-refractivity contribution in [3.63, 3.8) is 0 Å². The van der Waals surface area contributed by atoms with Crippen molar-refractivity contribution in [2.45, 2.75) is 31.7 Å². The minimum atomic E-state index is -4.12. The maximum absolute atomic E-state index is 12.2. The summed E-state index contributed by atoms with van der Waals surface area (Å²) in [6.45, 7) is 4.84. The van der Waals surface area contributed by atoms with E-state index in [-0.39, 0.29) is 15.5 Å². The van der Waals surface area contributed by atoms with Crippen LogP contribution in [0.25, 0.3) is 0 Å². The summed E-state index contributed by atoms with van der Waals surface area (Å²) in [6, 6.07) is 0.995. The number of nitro groups is 1. The highest BCUT2D eigenvalue weighted by atomic mass is 35.5. The van der Waals surface area contributed by atoms with Crippen LogP contribution in [0.2, 0.25) is 5.02 Å². The molecular weight excluding hydrogens is 334 g/mol. The predicted molar refractivity (Wildman–Crippen MR) is 81.3 cm³/mol. The number of nitro benzene ring substituents is 1. The zero-order chi connectivity index (χ0) is 17.1. The highest BCUT2D eigenvalue weighted by molar-refractivity contribution is 7.89. The first kappa shape index (κ1) is 18.3. The number of sulfonamides is 1. The second-order valence-corrected chi connectivity index (χ2v) is 6.67. The zero-order valence-corrected chi connectivity index (χ0v) is 13.8. The molecule has 8 nitrogen and oxygen atoms in total. The number of likely N-dealkylation sites (N-methyl/N-ethyl adjacent to an activating group) is 1. The number of carbonyl (C=O) groups excluding carboxylic acids is 1. The van der Waals surface area contributed by atoms with Crippen molar-refractivity contribution in [1.29, 1.82) is 0 Å². The fourth-order valence-electron chi connectivity index (χ4n) is 1.67. The largest absolute Gasteiger partial charge is 0.355 e. The SMILES string of the molecule is CCNC(=O)[C@H](C)NS(=O)(=O)c1cc(Cl)c(C)c([N+](=O)[O-])c1. The molecule has 1 atom stereocenters. The molecule has 0 aromatic heterocycles. The van der Waals surface area contributed by atoms with Crippen molar-refractivity contribution in [3.05, 3.63) is 32.8 Å². The summed E-state index contributed by atoms with van der Waals surface area (Å²) in [7, 11) is -4.12. The first-order chi connectivity index (χ1) is 10.1. The Balaban J connectivity index is 3.19. The zero-order valence-electron chi connectivity index (χ0n) is 12.2. The predicted octanol–water partition coefficient (Wildman–Crippen LogP) is 1.36. The highest BCUT2D eigenvalue weighted by Crippen LogP contribution is 2.29. The molecule has 0 saturated carbocycles. The van der Waals surface area contributed by atoms with Crippen LogP contribution in [0.1, 0.15) is 19.4 Å². The summed E-state index contributed by atoms with van der Waals surface area (Å²) in [4.78, 5) is 21.4. The number of halogens is 1. The van der Waals surface area contributed by atoms with Crippen LogP contribution in [0, 0.1) is 17.0 Å². The van der Waals surface area contributed by atoms with Gasteiger partial charge < -0.3 is 5.32 Å². The van der Waals surface area contributed by atoms with E-state index in [0.29, 0.717) is 6.54 Å². The molecule has 22 heavy (non-hydrogen) atoms. The number of hydrogen-bond acceptors (Lipinski definition) is 5. The molecule has 1 amide bonds. The van der Waals surface area contributed by atoms with Crippen LogP contribution in [-0.4, -0.2) is 31.8 Å². The Bertz CT molecular complexity index is 705. The molecule has 0 spiro atoms. The minimum Gasteiger partial charge on any atom is -0.355 e. The molecule has 1 aromatic carbocycles. The van der Waals surface area contributed by atoms with Crippen molar-refractivity contribution >= 4 is 33.2 Å². The van der Waals surface area contributed by atoms with E-state index in [1.54, 1.807) is 6.92 Å². The highest BCUT2D eigenvalue weighted by Gasteiger charge is 2.25. The Hall–Kier alpha value is -1.71. The maximum Gasteiger partial charge on any atom is 0.275 e. The van der Waals surface area contributed by atoms with Gasteiger partial charge in [0.2, 0.25) is 15.9 Å². The van der Waals surface area contributed by atoms with Gasteiger partial charge in [0.05, 0.1) is 20.9 Å². The van der Waals surface area contributed by atoms with E-state index in [1.807, 2.05) is 0 Å². The standard InChI is InChI=1S/C12H16ClN3O5S/c1-4-14-12(17)8(3)15-22(20,21)9-5-10(13)7(2)11(6-9)16(18)19/h5-6,8,15H,4H2,1-3H3,(H,14,17)/t8-/m0/s1. The van der Waals surface area contributed by atoms with Crippen molar-refractivity contribution in [2.75, 3.05) is 6.54 Å². The average molecular weight is 350 g/mol. The molecule has 0 unspecified atom stereocenters. The number of hydrogen-bond donors (Lipinski definition) is 2. The third kappa shape index (κ3) is 4.15. The fourth-order valence-corrected chi connectivity index (χ4v) is 3.19. The van der Waals surface area contributed by atoms with Crippen molar-refractivity contribution in [2.24, 2.45) is 0 Å². The smallest absolute Gasteiger partial charge is 0.275 e. The van der Waals surface area contributed by atoms with Crippen LogP contribution in [0.5, 0.6) is 0 Å². The molecule has 0 bridgehead atoms. The number of rotatable bonds is 6. The second kappa shape index (κ2) is 7.03. The molecule has 122 valence electrons. The van der Waals surface area contributed by atoms with Crippen LogP contribution >= 0.6 is 11.6 Å². The number of benzene rings is 1. The van der Waals surface area contributed by atoms with E-state index < -0.39 is 32.6 Å². The van der Waals surface area contributed by atoms with Gasteiger partial charge in [-0.05, 0) is 26.8 Å². The second-order valence-electron chi connectivity index (χ2n) is 4.54. The van der Waals surface area contributed by atoms with E-state index in [9.17, 15) is 23.3 Å². The Morgan fingerprint density at radius 1 is 1.45 bits per heavy atom. The third-order valence-electron chi connectivity index (χ3n) is 2.87. The van der Waals surface area contributed by atoms with Crippen LogP contribution < -0.4 is 10.0 Å². The first-order valence-electron chi connectivity index (χ1n) is 6.34. The molecule has 0 radical (unpaired) electrons. The van der Waals surface area contributed by atoms with Gasteiger partial charge in [-0.1, -0.05) is 11.6 Å². The number of amides is 1. The maximum atomic E-state index is 12.2. The topological polar surface area (TPSA) is 118 Å². The summed E-state index contributed by atoms with van der Waals surface area (Å²) >= 11 is 5.84. The van der Waals surface area contributed by atoms with Crippen molar-refractivity contribution in [1.82, 2.24) is 10.0 Å². The molecule has 0 heterocycles. The Morgan fingerprint density at radius 3 is 2.55 bits per heavy atom. The van der Waals surface area contributed by atoms with Crippen LogP contribution in [0.4, 0.5) is 5.69 Å². The van der Waals surface area contributed by atoms with Crippen LogP contribution in [-0.2, 0) is 14.8 Å². The lowest BCUT2D eigenvalue weighted by atomic mass is 10.2. The first-order valence-corrected chi connectivity index (χ1v) is 8.20. The molecule has 2 N–H and O–H groups in total. The average Bonchev–Trinajstić information content (AvgIpc) is 2.40. The number of carbonyl (C=O) groups is 1. The van der Waals surface area contributed by atoms with Crippen LogP contribution in [0.3, 0.4) is 0 Å². The van der Waals surface area contributed by atoms with Crippen molar-refractivity contribution < 1.29 is 18.1 Å². The van der Waals surface area contributed by atoms with Gasteiger partial charge in [-0.15, -0.1) is 0 Å². The monoisotopic (exact) mass is 349 g/mol. The lowest BCUT2D eigenvalue weighted by Gasteiger charge is -2.14. The molecule has 0 aliphatic rings. The van der Waals surface area contributed by atoms with Gasteiger partial charge >= 0.3 is 0 Å². The molecule has 0 saturated heterocycles. The van der Waals surface area contributed by atoms with Gasteiger partial charge in [0.25, 0.3) is 5.69 Å². The summed E-state index contributed by atoms with van der Waals surface area (Å²) in [5, 5.41) is 13.4. The Kier molecular flexibility index (Phi) is 5.86. The van der Waals surface area contributed by atoms with E-state index in [4.69, 9.17) is 11.6 Å². The molecular formula is C12H16ClN3O5S. The van der Waals surface area contributed by atoms with Crippen LogP contribution in [0.15, 0.2) is 17.0 Å². The summed E-state index contributed by atoms with van der Waals surface area (Å²) in [6.07, 6.45) is 0. The summed E-state index contributed by atoms with van der Waals surface area (Å²) in [5.41, 5.74) is -0.235. The molecule has 0 aliphatic heterocycles. The molecule has 0 aliphatic carbocycles. The number of nitrogens with zero attached hydrogens (tertiary/aromatic N) is 1. The molecule has 0 fully saturated rings. The quantitative estimate of drug-likeness (QED) is 0.593. The Morgan fingerprint density at radius 2 is 2.05 bits per heavy atom. The van der Waals surface area contributed by atoms with Gasteiger partial charge in [-0.3, -0.25) is 14.9 Å². The Labute approximate surface area is 133 Å². The third-order valence-corrected chi connectivity index (χ3v) is 4.79. The van der Waals surface area contributed by atoms with Gasteiger partial charge in [0.1, 0.15) is 0 Å². The lowest BCUT2D eigenvalue weighted by Crippen LogP contribution is -2.44. The van der Waals surface area contributed by atoms with Gasteiger partial charge in [0, 0.05) is 18.2 Å². The fraction of sp³-hybridized carbons (Fsp3) is 0.417. The number of nitrogens with one attached hydrogen (secondary N) is 2. The summed E-state index contributed by atoms with van der Waals surface area (Å²) < 4.78 is 26.6.